The zero-order chi connectivity index (χ0) is 33.3. The third-order valence-electron chi connectivity index (χ3n) is 18.1. The third-order valence-corrected chi connectivity index (χ3v) is 18.1. The SMILES string of the molecule is C(=CC1CCC(N(C2CCCCC2)C2CCC3CCC4C5C(CCC2C35)CCC4N(C2CCCCC2)C2CCCCC2)CC1)C1CCCCC1. The molecule has 9 saturated carbocycles. The Hall–Kier alpha value is -0.340. The second-order valence-corrected chi connectivity index (χ2v) is 20.6. The summed E-state index contributed by atoms with van der Waals surface area (Å²) in [4.78, 5) is 6.75. The van der Waals surface area contributed by atoms with Crippen LogP contribution in [0.2, 0.25) is 0 Å². The fourth-order valence-electron chi connectivity index (χ4n) is 16.0. The highest BCUT2D eigenvalue weighted by atomic mass is 15.2. The maximum atomic E-state index is 3.39. The van der Waals surface area contributed by atoms with Gasteiger partial charge in [0.2, 0.25) is 0 Å². The van der Waals surface area contributed by atoms with Gasteiger partial charge in [-0.2, -0.15) is 0 Å². The summed E-state index contributed by atoms with van der Waals surface area (Å²) in [5, 5.41) is 0. The van der Waals surface area contributed by atoms with Crippen molar-refractivity contribution in [1.29, 1.82) is 0 Å². The van der Waals surface area contributed by atoms with Gasteiger partial charge in [0.1, 0.15) is 0 Å². The maximum Gasteiger partial charge on any atom is 0.0132 e. The average molecular weight is 685 g/mol. The molecule has 0 heterocycles. The first-order valence-electron chi connectivity index (χ1n) is 24.0. The molecule has 0 aromatic carbocycles. The van der Waals surface area contributed by atoms with Gasteiger partial charge in [0, 0.05) is 36.3 Å². The molecule has 2 nitrogen and oxygen atoms in total. The van der Waals surface area contributed by atoms with E-state index < -0.39 is 0 Å². The summed E-state index contributed by atoms with van der Waals surface area (Å²) >= 11 is 0. The molecule has 9 rings (SSSR count). The fraction of sp³-hybridized carbons (Fsp3) is 0.958. The zero-order valence-electron chi connectivity index (χ0n) is 32.8. The predicted octanol–water partition coefficient (Wildman–Crippen LogP) is 12.9. The fourth-order valence-corrected chi connectivity index (χ4v) is 16.0. The smallest absolute Gasteiger partial charge is 0.0132 e. The van der Waals surface area contributed by atoms with E-state index in [1.807, 2.05) is 0 Å². The zero-order valence-corrected chi connectivity index (χ0v) is 32.8. The number of allylic oxidation sites excluding steroid dienone is 2. The molecular formula is C48H80N2. The van der Waals surface area contributed by atoms with Gasteiger partial charge in [-0.3, -0.25) is 9.80 Å². The second-order valence-electron chi connectivity index (χ2n) is 20.6. The number of nitrogens with zero attached hydrogens (tertiary/aromatic N) is 2. The minimum absolute atomic E-state index is 0.877. The molecule has 0 bridgehead atoms. The first-order chi connectivity index (χ1) is 24.8. The first kappa shape index (κ1) is 35.4. The topological polar surface area (TPSA) is 6.48 Å². The van der Waals surface area contributed by atoms with Crippen LogP contribution in [0.25, 0.3) is 0 Å². The summed E-state index contributed by atoms with van der Waals surface area (Å²) in [6.45, 7) is 0. The molecule has 0 N–H and O–H groups in total. The molecule has 0 aromatic heterocycles. The van der Waals surface area contributed by atoms with Crippen molar-refractivity contribution in [3.8, 4) is 0 Å². The van der Waals surface area contributed by atoms with Gasteiger partial charge in [0.15, 0.2) is 0 Å². The Kier molecular flexibility index (Phi) is 11.7. The molecule has 8 atom stereocenters. The van der Waals surface area contributed by atoms with Crippen molar-refractivity contribution in [2.24, 2.45) is 47.3 Å². The standard InChI is InChI=1S/C48H80N2/c1-5-13-35(14-6-1)21-22-36-23-29-42(30-24-36)50(41-19-11-4-12-20-41)46-34-28-38-25-31-43-45(33-27-37-26-32-44(46)48(38)47(37)43)49(39-15-7-2-8-16-39)40-17-9-3-10-18-40/h21-22,35-48H,1-20,23-34H2. The predicted molar refractivity (Wildman–Crippen MR) is 211 cm³/mol. The first-order valence-corrected chi connectivity index (χ1v) is 24.0. The molecule has 0 aromatic rings. The average Bonchev–Trinajstić information content (AvgIpc) is 3.19. The molecule has 50 heavy (non-hydrogen) atoms. The molecular weight excluding hydrogens is 605 g/mol. The van der Waals surface area contributed by atoms with Gasteiger partial charge in [-0.15, -0.1) is 0 Å². The van der Waals surface area contributed by atoms with Crippen molar-refractivity contribution in [3.63, 3.8) is 0 Å². The van der Waals surface area contributed by atoms with Crippen molar-refractivity contribution >= 4 is 0 Å². The van der Waals surface area contributed by atoms with E-state index in [1.165, 1.54) is 154 Å². The normalized spacial score (nSPS) is 43.0. The van der Waals surface area contributed by atoms with Gasteiger partial charge in [0.25, 0.3) is 0 Å². The summed E-state index contributed by atoms with van der Waals surface area (Å²) in [5.74, 6) is 8.16. The van der Waals surface area contributed by atoms with E-state index >= 15 is 0 Å². The molecule has 9 aliphatic carbocycles. The lowest BCUT2D eigenvalue weighted by Crippen LogP contribution is -2.64. The lowest BCUT2D eigenvalue weighted by atomic mass is 9.46. The molecule has 0 amide bonds. The Balaban J connectivity index is 0.944. The Bertz CT molecular complexity index is 1050. The molecule has 9 fully saturated rings. The minimum Gasteiger partial charge on any atom is -0.294 e. The van der Waals surface area contributed by atoms with Crippen LogP contribution < -0.4 is 0 Å². The van der Waals surface area contributed by atoms with Gasteiger partial charge >= 0.3 is 0 Å². The monoisotopic (exact) mass is 685 g/mol. The van der Waals surface area contributed by atoms with Crippen LogP contribution in [0.1, 0.15) is 205 Å². The molecule has 2 heteroatoms. The number of hydrogen-bond donors (Lipinski definition) is 0. The van der Waals surface area contributed by atoms with E-state index in [2.05, 4.69) is 22.0 Å². The van der Waals surface area contributed by atoms with E-state index in [4.69, 9.17) is 0 Å². The highest BCUT2D eigenvalue weighted by Crippen LogP contribution is 2.62. The van der Waals surface area contributed by atoms with E-state index in [9.17, 15) is 0 Å². The van der Waals surface area contributed by atoms with E-state index in [-0.39, 0.29) is 0 Å². The highest BCUT2D eigenvalue weighted by molar-refractivity contribution is 5.10. The van der Waals surface area contributed by atoms with Crippen LogP contribution in [0.3, 0.4) is 0 Å². The molecule has 0 radical (unpaired) electrons. The van der Waals surface area contributed by atoms with E-state index in [1.54, 1.807) is 51.4 Å². The van der Waals surface area contributed by atoms with Gasteiger partial charge in [-0.25, -0.2) is 0 Å². The van der Waals surface area contributed by atoms with E-state index in [0.717, 1.165) is 83.6 Å². The Labute approximate surface area is 310 Å². The molecule has 0 spiro atoms. The summed E-state index contributed by atoms with van der Waals surface area (Å²) in [7, 11) is 0. The van der Waals surface area contributed by atoms with Gasteiger partial charge in [-0.1, -0.05) is 89.2 Å². The quantitative estimate of drug-likeness (QED) is 0.235. The minimum atomic E-state index is 0.877. The molecule has 9 aliphatic rings. The lowest BCUT2D eigenvalue weighted by molar-refractivity contribution is -0.149. The largest absolute Gasteiger partial charge is 0.294 e. The second kappa shape index (κ2) is 16.6. The van der Waals surface area contributed by atoms with Gasteiger partial charge in [0.05, 0.1) is 0 Å². The third kappa shape index (κ3) is 7.37. The van der Waals surface area contributed by atoms with Crippen molar-refractivity contribution < 1.29 is 0 Å². The molecule has 0 aliphatic heterocycles. The van der Waals surface area contributed by atoms with E-state index in [0.29, 0.717) is 0 Å². The van der Waals surface area contributed by atoms with Crippen LogP contribution >= 0.6 is 0 Å². The van der Waals surface area contributed by atoms with Crippen molar-refractivity contribution in [1.82, 2.24) is 9.80 Å². The summed E-state index contributed by atoms with van der Waals surface area (Å²) in [6, 6.07) is 5.52. The van der Waals surface area contributed by atoms with Gasteiger partial charge < -0.3 is 0 Å². The number of rotatable bonds is 8. The van der Waals surface area contributed by atoms with Crippen LogP contribution in [0.5, 0.6) is 0 Å². The van der Waals surface area contributed by atoms with Gasteiger partial charge in [-0.05, 0) is 176 Å². The van der Waals surface area contributed by atoms with Crippen LogP contribution in [0, 0.1) is 47.3 Å². The van der Waals surface area contributed by atoms with Crippen LogP contribution in [0.15, 0.2) is 12.2 Å². The summed E-state index contributed by atoms with van der Waals surface area (Å²) in [5.41, 5.74) is 0. The van der Waals surface area contributed by atoms with Crippen LogP contribution in [-0.4, -0.2) is 46.1 Å². The number of hydrogen-bond acceptors (Lipinski definition) is 2. The Morgan fingerprint density at radius 1 is 0.280 bits per heavy atom. The summed E-state index contributed by atoms with van der Waals surface area (Å²) in [6.07, 6.45) is 54.2. The summed E-state index contributed by atoms with van der Waals surface area (Å²) < 4.78 is 0. The lowest BCUT2D eigenvalue weighted by Gasteiger charge is -2.64. The van der Waals surface area contributed by atoms with Crippen LogP contribution in [0.4, 0.5) is 0 Å². The molecule has 282 valence electrons. The molecule has 8 unspecified atom stereocenters. The Morgan fingerprint density at radius 3 is 1.04 bits per heavy atom. The van der Waals surface area contributed by atoms with Crippen LogP contribution in [-0.2, 0) is 0 Å². The molecule has 0 saturated heterocycles. The van der Waals surface area contributed by atoms with Crippen molar-refractivity contribution in [2.75, 3.05) is 0 Å². The Morgan fingerprint density at radius 2 is 0.620 bits per heavy atom. The maximum absolute atomic E-state index is 3.39. The van der Waals surface area contributed by atoms with Crippen molar-refractivity contribution in [2.45, 2.75) is 242 Å². The highest BCUT2D eigenvalue weighted by Gasteiger charge is 2.58. The van der Waals surface area contributed by atoms with Crippen molar-refractivity contribution in [3.05, 3.63) is 12.2 Å².